The summed E-state index contributed by atoms with van der Waals surface area (Å²) in [6.45, 7) is 3.70. The van der Waals surface area contributed by atoms with Crippen LogP contribution in [0.3, 0.4) is 0 Å². The summed E-state index contributed by atoms with van der Waals surface area (Å²) in [5, 5.41) is 4.04. The van der Waals surface area contributed by atoms with Crippen molar-refractivity contribution in [2.24, 2.45) is 0 Å². The van der Waals surface area contributed by atoms with Crippen LogP contribution in [0, 0.1) is 0 Å². The topological polar surface area (TPSA) is 74.6 Å². The Morgan fingerprint density at radius 2 is 2.13 bits per heavy atom. The van der Waals surface area contributed by atoms with Crippen molar-refractivity contribution in [1.82, 2.24) is 14.9 Å². The molecule has 4 rings (SSSR count). The third-order valence-corrected chi connectivity index (χ3v) is 6.07. The standard InChI is InChI=1S/C21H22ClN3O4S/c1-13(20(26)23-11-14-3-6-18-19(9-14)29-12-28-18)30-21-24-16-10-15(22)4-5-17(16)25(21)7-8-27-2/h3-6,9-10,13H,7-8,11-12H2,1-2H3,(H,23,26). The Morgan fingerprint density at radius 3 is 2.97 bits per heavy atom. The van der Waals surface area contributed by atoms with Gasteiger partial charge in [0.15, 0.2) is 16.7 Å². The van der Waals surface area contributed by atoms with Gasteiger partial charge in [-0.25, -0.2) is 4.98 Å². The quantitative estimate of drug-likeness (QED) is 0.528. The molecule has 2 aromatic carbocycles. The zero-order chi connectivity index (χ0) is 21.1. The first kappa shape index (κ1) is 20.8. The number of halogens is 1. The Bertz CT molecular complexity index is 1070. The van der Waals surface area contributed by atoms with Crippen LogP contribution in [0.4, 0.5) is 0 Å². The Balaban J connectivity index is 1.44. The number of hydrogen-bond donors (Lipinski definition) is 1. The molecule has 0 saturated heterocycles. The van der Waals surface area contributed by atoms with Crippen molar-refractivity contribution in [3.8, 4) is 11.5 Å². The molecular weight excluding hydrogens is 426 g/mol. The minimum Gasteiger partial charge on any atom is -0.454 e. The van der Waals surface area contributed by atoms with Gasteiger partial charge < -0.3 is 24.1 Å². The van der Waals surface area contributed by atoms with E-state index in [2.05, 4.69) is 14.9 Å². The summed E-state index contributed by atoms with van der Waals surface area (Å²) < 4.78 is 18.0. The number of nitrogens with one attached hydrogen (secondary N) is 1. The maximum Gasteiger partial charge on any atom is 0.233 e. The fourth-order valence-corrected chi connectivity index (χ4v) is 4.31. The van der Waals surface area contributed by atoms with Gasteiger partial charge in [-0.15, -0.1) is 0 Å². The van der Waals surface area contributed by atoms with E-state index in [1.54, 1.807) is 7.11 Å². The minimum atomic E-state index is -0.326. The molecule has 1 aliphatic heterocycles. The first-order valence-electron chi connectivity index (χ1n) is 9.53. The molecule has 1 unspecified atom stereocenters. The number of benzene rings is 2. The zero-order valence-electron chi connectivity index (χ0n) is 16.7. The highest BCUT2D eigenvalue weighted by molar-refractivity contribution is 8.00. The molecule has 0 fully saturated rings. The second-order valence-corrected chi connectivity index (χ2v) is 8.58. The molecule has 9 heteroatoms. The molecule has 1 aliphatic rings. The van der Waals surface area contributed by atoms with Crippen LogP contribution in [0.2, 0.25) is 5.02 Å². The van der Waals surface area contributed by atoms with Crippen molar-refractivity contribution in [2.75, 3.05) is 20.5 Å². The summed E-state index contributed by atoms with van der Waals surface area (Å²) in [6, 6.07) is 11.3. The first-order chi connectivity index (χ1) is 14.5. The predicted molar refractivity (Wildman–Crippen MR) is 116 cm³/mol. The van der Waals surface area contributed by atoms with Gasteiger partial charge in [0, 0.05) is 25.2 Å². The van der Waals surface area contributed by atoms with E-state index in [1.807, 2.05) is 43.3 Å². The van der Waals surface area contributed by atoms with Gasteiger partial charge in [-0.3, -0.25) is 4.79 Å². The number of amides is 1. The fourth-order valence-electron chi connectivity index (χ4n) is 3.16. The third kappa shape index (κ3) is 4.50. The molecule has 30 heavy (non-hydrogen) atoms. The van der Waals surface area contributed by atoms with E-state index in [0.29, 0.717) is 30.5 Å². The Kier molecular flexibility index (Phi) is 6.36. The fraction of sp³-hybridized carbons (Fsp3) is 0.333. The van der Waals surface area contributed by atoms with Crippen molar-refractivity contribution in [3.05, 3.63) is 47.0 Å². The van der Waals surface area contributed by atoms with Gasteiger partial charge in [0.25, 0.3) is 0 Å². The molecule has 0 bridgehead atoms. The highest BCUT2D eigenvalue weighted by Gasteiger charge is 2.20. The minimum absolute atomic E-state index is 0.0685. The van der Waals surface area contributed by atoms with E-state index in [-0.39, 0.29) is 18.0 Å². The molecule has 7 nitrogen and oxygen atoms in total. The van der Waals surface area contributed by atoms with Crippen LogP contribution in [0.15, 0.2) is 41.6 Å². The van der Waals surface area contributed by atoms with Crippen molar-refractivity contribution < 1.29 is 19.0 Å². The van der Waals surface area contributed by atoms with Crippen LogP contribution in [0.5, 0.6) is 11.5 Å². The summed E-state index contributed by atoms with van der Waals surface area (Å²) in [4.78, 5) is 17.4. The lowest BCUT2D eigenvalue weighted by Gasteiger charge is -2.13. The van der Waals surface area contributed by atoms with Crippen LogP contribution >= 0.6 is 23.4 Å². The Morgan fingerprint density at radius 1 is 1.30 bits per heavy atom. The summed E-state index contributed by atoms with van der Waals surface area (Å²) in [5.74, 6) is 1.36. The second kappa shape index (κ2) is 9.16. The SMILES string of the molecule is COCCn1c(SC(C)C(=O)NCc2ccc3c(c2)OCO3)nc2cc(Cl)ccc21. The van der Waals surface area contributed by atoms with E-state index >= 15 is 0 Å². The average Bonchev–Trinajstić information content (AvgIpc) is 3.33. The molecule has 0 aliphatic carbocycles. The van der Waals surface area contributed by atoms with E-state index in [1.165, 1.54) is 11.8 Å². The van der Waals surface area contributed by atoms with Crippen LogP contribution < -0.4 is 14.8 Å². The highest BCUT2D eigenvalue weighted by atomic mass is 35.5. The van der Waals surface area contributed by atoms with Gasteiger partial charge in [-0.2, -0.15) is 0 Å². The van der Waals surface area contributed by atoms with Gasteiger partial charge in [0.2, 0.25) is 12.7 Å². The molecule has 2 heterocycles. The third-order valence-electron chi connectivity index (χ3n) is 4.75. The number of carbonyl (C=O) groups excluding carboxylic acids is 1. The lowest BCUT2D eigenvalue weighted by molar-refractivity contribution is -0.120. The van der Waals surface area contributed by atoms with Gasteiger partial charge in [0.1, 0.15) is 0 Å². The molecule has 158 valence electrons. The summed E-state index contributed by atoms with van der Waals surface area (Å²) in [5.41, 5.74) is 2.72. The molecule has 0 radical (unpaired) electrons. The van der Waals surface area contributed by atoms with Crippen molar-refractivity contribution in [1.29, 1.82) is 0 Å². The number of nitrogens with zero attached hydrogens (tertiary/aromatic N) is 2. The van der Waals surface area contributed by atoms with Crippen molar-refractivity contribution in [2.45, 2.75) is 30.4 Å². The van der Waals surface area contributed by atoms with Gasteiger partial charge >= 0.3 is 0 Å². The molecule has 1 N–H and O–H groups in total. The van der Waals surface area contributed by atoms with Crippen molar-refractivity contribution >= 4 is 40.3 Å². The first-order valence-corrected chi connectivity index (χ1v) is 10.8. The van der Waals surface area contributed by atoms with E-state index in [9.17, 15) is 4.79 Å². The molecule has 1 atom stereocenters. The number of aromatic nitrogens is 2. The zero-order valence-corrected chi connectivity index (χ0v) is 18.3. The maximum absolute atomic E-state index is 12.7. The Hall–Kier alpha value is -2.42. The predicted octanol–water partition coefficient (Wildman–Crippen LogP) is 3.86. The summed E-state index contributed by atoms with van der Waals surface area (Å²) in [7, 11) is 1.66. The lowest BCUT2D eigenvalue weighted by atomic mass is 10.2. The lowest BCUT2D eigenvalue weighted by Crippen LogP contribution is -2.30. The highest BCUT2D eigenvalue weighted by Crippen LogP contribution is 2.32. The molecule has 1 amide bonds. The van der Waals surface area contributed by atoms with Gasteiger partial charge in [-0.1, -0.05) is 29.4 Å². The summed E-state index contributed by atoms with van der Waals surface area (Å²) in [6.07, 6.45) is 0. The van der Waals surface area contributed by atoms with Crippen LogP contribution in [0.25, 0.3) is 11.0 Å². The number of thioether (sulfide) groups is 1. The average molecular weight is 448 g/mol. The molecule has 3 aromatic rings. The van der Waals surface area contributed by atoms with Gasteiger partial charge in [0.05, 0.1) is 22.9 Å². The number of methoxy groups -OCH3 is 1. The van der Waals surface area contributed by atoms with Crippen LogP contribution in [-0.2, 0) is 22.6 Å². The number of carbonyl (C=O) groups is 1. The smallest absolute Gasteiger partial charge is 0.233 e. The van der Waals surface area contributed by atoms with E-state index < -0.39 is 0 Å². The number of rotatable bonds is 8. The number of ether oxygens (including phenoxy) is 3. The normalized spacial score (nSPS) is 13.6. The Labute approximate surface area is 183 Å². The monoisotopic (exact) mass is 447 g/mol. The van der Waals surface area contributed by atoms with Crippen LogP contribution in [-0.4, -0.2) is 41.2 Å². The summed E-state index contributed by atoms with van der Waals surface area (Å²) >= 11 is 7.53. The number of imidazole rings is 1. The van der Waals surface area contributed by atoms with Crippen LogP contribution in [0.1, 0.15) is 12.5 Å². The van der Waals surface area contributed by atoms with E-state index in [4.69, 9.17) is 25.8 Å². The maximum atomic E-state index is 12.7. The number of hydrogen-bond acceptors (Lipinski definition) is 6. The largest absolute Gasteiger partial charge is 0.454 e. The van der Waals surface area contributed by atoms with Gasteiger partial charge in [-0.05, 0) is 42.8 Å². The molecule has 1 aromatic heterocycles. The van der Waals surface area contributed by atoms with E-state index in [0.717, 1.165) is 27.5 Å². The number of fused-ring (bicyclic) bond motifs is 2. The molecular formula is C21H22ClN3O4S. The molecule has 0 spiro atoms. The molecule has 0 saturated carbocycles. The van der Waals surface area contributed by atoms with Crippen molar-refractivity contribution in [3.63, 3.8) is 0 Å². The second-order valence-electron chi connectivity index (χ2n) is 6.84.